The number of carbonyl (C=O) groups is 2. The number of anilines is 1. The van der Waals surface area contributed by atoms with Crippen LogP contribution in [0.1, 0.15) is 35.7 Å². The van der Waals surface area contributed by atoms with E-state index in [1.165, 1.54) is 35.6 Å². The van der Waals surface area contributed by atoms with Gasteiger partial charge in [-0.2, -0.15) is 0 Å². The van der Waals surface area contributed by atoms with Crippen LogP contribution in [0.2, 0.25) is 5.02 Å². The molecule has 1 heterocycles. The predicted octanol–water partition coefficient (Wildman–Crippen LogP) is 6.30. The van der Waals surface area contributed by atoms with Crippen molar-refractivity contribution in [2.24, 2.45) is 0 Å². The molecule has 0 spiro atoms. The van der Waals surface area contributed by atoms with Crippen LogP contribution in [0, 0.1) is 5.82 Å². The lowest BCUT2D eigenvalue weighted by molar-refractivity contribution is -0.111. The Balaban J connectivity index is 1.85. The highest BCUT2D eigenvalue weighted by atomic mass is 35.5. The van der Waals surface area contributed by atoms with E-state index in [1.54, 1.807) is 6.07 Å². The minimum absolute atomic E-state index is 0.125. The molecule has 0 radical (unpaired) electrons. The van der Waals surface area contributed by atoms with E-state index in [-0.39, 0.29) is 10.6 Å². The monoisotopic (exact) mass is 431 g/mol. The topological polar surface area (TPSA) is 55.4 Å². The number of amides is 1. The van der Waals surface area contributed by atoms with Crippen molar-refractivity contribution in [1.29, 1.82) is 0 Å². The second kappa shape index (κ2) is 9.67. The van der Waals surface area contributed by atoms with Crippen LogP contribution in [0.5, 0.6) is 0 Å². The van der Waals surface area contributed by atoms with Crippen LogP contribution in [0.25, 0.3) is 16.2 Å². The second-order valence-corrected chi connectivity index (χ2v) is 7.71. The standard InChI is InChI=1S/C22H19ClFNO3S/c1-2-3-13-28-22(27)20-15-7-4-5-10-18(15)29-21(20)25-19(26)12-11-14-16(23)8-6-9-17(14)24/h4-12H,2-3,13H2,1H3,(H,25,26). The molecule has 0 aliphatic carbocycles. The maximum atomic E-state index is 13.9. The summed E-state index contributed by atoms with van der Waals surface area (Å²) >= 11 is 7.25. The van der Waals surface area contributed by atoms with Crippen LogP contribution in [-0.4, -0.2) is 18.5 Å². The molecule has 0 saturated carbocycles. The molecule has 3 aromatic rings. The fraction of sp³-hybridized carbons (Fsp3) is 0.182. The maximum absolute atomic E-state index is 13.9. The van der Waals surface area contributed by atoms with Gasteiger partial charge in [-0.05, 0) is 30.7 Å². The number of thiophene rings is 1. The van der Waals surface area contributed by atoms with Gasteiger partial charge in [0.1, 0.15) is 16.4 Å². The molecular formula is C22H19ClFNO3S. The van der Waals surface area contributed by atoms with E-state index < -0.39 is 17.7 Å². The van der Waals surface area contributed by atoms with Crippen LogP contribution >= 0.6 is 22.9 Å². The average Bonchev–Trinajstić information content (AvgIpc) is 3.05. The van der Waals surface area contributed by atoms with Gasteiger partial charge in [0.15, 0.2) is 0 Å². The molecule has 1 amide bonds. The third-order valence-corrected chi connectivity index (χ3v) is 5.58. The summed E-state index contributed by atoms with van der Waals surface area (Å²) in [4.78, 5) is 25.0. The van der Waals surface area contributed by atoms with Crippen molar-refractivity contribution in [2.75, 3.05) is 11.9 Å². The van der Waals surface area contributed by atoms with Gasteiger partial charge in [-0.15, -0.1) is 11.3 Å². The Morgan fingerprint density at radius 2 is 2.00 bits per heavy atom. The highest BCUT2D eigenvalue weighted by Gasteiger charge is 2.21. The average molecular weight is 432 g/mol. The summed E-state index contributed by atoms with van der Waals surface area (Å²) in [7, 11) is 0. The Bertz CT molecular complexity index is 1060. The fourth-order valence-corrected chi connectivity index (χ4v) is 4.02. The summed E-state index contributed by atoms with van der Waals surface area (Å²) < 4.78 is 20.1. The molecule has 0 aliphatic rings. The minimum Gasteiger partial charge on any atom is -0.462 e. The van der Waals surface area contributed by atoms with E-state index >= 15 is 0 Å². The van der Waals surface area contributed by atoms with Gasteiger partial charge in [0.2, 0.25) is 5.91 Å². The zero-order valence-corrected chi connectivity index (χ0v) is 17.3. The Hall–Kier alpha value is -2.70. The molecule has 2 aromatic carbocycles. The largest absolute Gasteiger partial charge is 0.462 e. The highest BCUT2D eigenvalue weighted by Crippen LogP contribution is 2.36. The van der Waals surface area contributed by atoms with Gasteiger partial charge in [0, 0.05) is 21.7 Å². The number of benzene rings is 2. The molecule has 29 heavy (non-hydrogen) atoms. The summed E-state index contributed by atoms with van der Waals surface area (Å²) in [5.41, 5.74) is 0.451. The summed E-state index contributed by atoms with van der Waals surface area (Å²) in [5.74, 6) is -1.51. The summed E-state index contributed by atoms with van der Waals surface area (Å²) in [6.45, 7) is 2.33. The molecule has 4 nitrogen and oxygen atoms in total. The Morgan fingerprint density at radius 3 is 2.76 bits per heavy atom. The van der Waals surface area contributed by atoms with Gasteiger partial charge in [0.05, 0.1) is 11.6 Å². The van der Waals surface area contributed by atoms with Gasteiger partial charge >= 0.3 is 5.97 Å². The first-order valence-electron chi connectivity index (χ1n) is 9.13. The second-order valence-electron chi connectivity index (χ2n) is 6.25. The zero-order valence-electron chi connectivity index (χ0n) is 15.7. The number of carbonyl (C=O) groups excluding carboxylic acids is 2. The molecule has 7 heteroatoms. The van der Waals surface area contributed by atoms with E-state index in [9.17, 15) is 14.0 Å². The first-order valence-corrected chi connectivity index (χ1v) is 10.3. The molecule has 1 aromatic heterocycles. The van der Waals surface area contributed by atoms with Gasteiger partial charge in [-0.1, -0.05) is 49.2 Å². The maximum Gasteiger partial charge on any atom is 0.341 e. The van der Waals surface area contributed by atoms with Gasteiger partial charge < -0.3 is 10.1 Å². The number of hydrogen-bond donors (Lipinski definition) is 1. The fourth-order valence-electron chi connectivity index (χ4n) is 2.70. The van der Waals surface area contributed by atoms with Crippen molar-refractivity contribution < 1.29 is 18.7 Å². The number of hydrogen-bond acceptors (Lipinski definition) is 4. The lowest BCUT2D eigenvalue weighted by Crippen LogP contribution is -2.12. The number of ether oxygens (including phenoxy) is 1. The summed E-state index contributed by atoms with van der Waals surface area (Å²) in [5, 5.41) is 4.02. The van der Waals surface area contributed by atoms with Crippen molar-refractivity contribution in [2.45, 2.75) is 19.8 Å². The van der Waals surface area contributed by atoms with E-state index in [4.69, 9.17) is 16.3 Å². The number of halogens is 2. The highest BCUT2D eigenvalue weighted by molar-refractivity contribution is 7.23. The van der Waals surface area contributed by atoms with Gasteiger partial charge in [0.25, 0.3) is 0 Å². The predicted molar refractivity (Wildman–Crippen MR) is 116 cm³/mol. The Labute approximate surface area is 176 Å². The number of fused-ring (bicyclic) bond motifs is 1. The lowest BCUT2D eigenvalue weighted by Gasteiger charge is -2.06. The van der Waals surface area contributed by atoms with Crippen LogP contribution in [0.3, 0.4) is 0 Å². The van der Waals surface area contributed by atoms with Crippen LogP contribution in [0.4, 0.5) is 9.39 Å². The SMILES string of the molecule is CCCCOC(=O)c1c(NC(=O)C=Cc2c(F)cccc2Cl)sc2ccccc12. The van der Waals surface area contributed by atoms with E-state index in [0.29, 0.717) is 17.2 Å². The van der Waals surface area contributed by atoms with Crippen molar-refractivity contribution in [3.8, 4) is 0 Å². The summed E-state index contributed by atoms with van der Waals surface area (Å²) in [6, 6.07) is 11.7. The Morgan fingerprint density at radius 1 is 1.21 bits per heavy atom. The number of unbranched alkanes of at least 4 members (excludes halogenated alkanes) is 1. The van der Waals surface area contributed by atoms with Crippen molar-refractivity contribution in [1.82, 2.24) is 0 Å². The van der Waals surface area contributed by atoms with Gasteiger partial charge in [-0.25, -0.2) is 9.18 Å². The van der Waals surface area contributed by atoms with Crippen molar-refractivity contribution in [3.63, 3.8) is 0 Å². The normalized spacial score (nSPS) is 11.1. The lowest BCUT2D eigenvalue weighted by atomic mass is 10.1. The zero-order chi connectivity index (χ0) is 20.8. The van der Waals surface area contributed by atoms with Gasteiger partial charge in [-0.3, -0.25) is 4.79 Å². The number of rotatable bonds is 7. The van der Waals surface area contributed by atoms with E-state index in [1.807, 2.05) is 31.2 Å². The quantitative estimate of drug-likeness (QED) is 0.271. The first-order chi connectivity index (χ1) is 14.0. The number of nitrogens with one attached hydrogen (secondary N) is 1. The van der Waals surface area contributed by atoms with Crippen molar-refractivity contribution in [3.05, 3.63) is 70.5 Å². The smallest absolute Gasteiger partial charge is 0.341 e. The molecule has 0 aliphatic heterocycles. The molecular weight excluding hydrogens is 413 g/mol. The van der Waals surface area contributed by atoms with Crippen molar-refractivity contribution >= 4 is 56.0 Å². The molecule has 150 valence electrons. The molecule has 0 bridgehead atoms. The third-order valence-electron chi connectivity index (χ3n) is 4.17. The first kappa shape index (κ1) is 21.0. The summed E-state index contributed by atoms with van der Waals surface area (Å²) in [6.07, 6.45) is 4.16. The van der Waals surface area contributed by atoms with Crippen LogP contribution in [0.15, 0.2) is 48.5 Å². The minimum atomic E-state index is -0.524. The molecule has 0 atom stereocenters. The molecule has 3 rings (SSSR count). The van der Waals surface area contributed by atoms with E-state index in [0.717, 1.165) is 22.9 Å². The Kier molecular flexibility index (Phi) is 7.01. The van der Waals surface area contributed by atoms with E-state index in [2.05, 4.69) is 5.32 Å². The molecule has 0 saturated heterocycles. The number of esters is 1. The van der Waals surface area contributed by atoms with Crippen LogP contribution < -0.4 is 5.32 Å². The molecule has 0 unspecified atom stereocenters. The third kappa shape index (κ3) is 5.02. The molecule has 1 N–H and O–H groups in total. The van der Waals surface area contributed by atoms with Crippen LogP contribution in [-0.2, 0) is 9.53 Å². The molecule has 0 fully saturated rings.